The monoisotopic (exact) mass is 345 g/mol. The van der Waals surface area contributed by atoms with Gasteiger partial charge in [-0.2, -0.15) is 0 Å². The van der Waals surface area contributed by atoms with E-state index in [1.165, 1.54) is 12.8 Å². The molecule has 1 aromatic heterocycles. The smallest absolute Gasteiger partial charge is 0.245 e. The first-order chi connectivity index (χ1) is 12.1. The van der Waals surface area contributed by atoms with E-state index in [0.29, 0.717) is 11.8 Å². The standard InChI is InChI=1S/C18H27N5O2/c1-13(24)23-8-2-3-17(23)18(25)21-9-6-14(7-10-21)11-22-12-16(19-20-22)15-4-5-15/h12,14-15,17H,2-11H2,1H3/t17-/m0/s1. The number of piperidine rings is 1. The van der Waals surface area contributed by atoms with Crippen LogP contribution in [-0.2, 0) is 16.1 Å². The molecule has 7 nitrogen and oxygen atoms in total. The van der Waals surface area contributed by atoms with E-state index in [4.69, 9.17) is 0 Å². The molecule has 7 heteroatoms. The first kappa shape index (κ1) is 16.5. The molecule has 1 aromatic rings. The van der Waals surface area contributed by atoms with E-state index >= 15 is 0 Å². The first-order valence-electron chi connectivity index (χ1n) is 9.58. The van der Waals surface area contributed by atoms with Gasteiger partial charge in [0.25, 0.3) is 0 Å². The number of likely N-dealkylation sites (tertiary alicyclic amines) is 2. The average Bonchev–Trinajstić information content (AvgIpc) is 3.15. The molecule has 0 N–H and O–H groups in total. The van der Waals surface area contributed by atoms with Gasteiger partial charge in [0, 0.05) is 45.2 Å². The van der Waals surface area contributed by atoms with E-state index < -0.39 is 0 Å². The highest BCUT2D eigenvalue weighted by Gasteiger charge is 2.36. The lowest BCUT2D eigenvalue weighted by Gasteiger charge is -2.35. The number of nitrogens with zero attached hydrogens (tertiary/aromatic N) is 5. The Bertz CT molecular complexity index is 646. The van der Waals surface area contributed by atoms with Crippen LogP contribution in [0.3, 0.4) is 0 Å². The summed E-state index contributed by atoms with van der Waals surface area (Å²) in [5, 5.41) is 8.53. The van der Waals surface area contributed by atoms with Gasteiger partial charge in [0.05, 0.1) is 5.69 Å². The topological polar surface area (TPSA) is 71.3 Å². The van der Waals surface area contributed by atoms with Crippen molar-refractivity contribution in [3.63, 3.8) is 0 Å². The van der Waals surface area contributed by atoms with E-state index in [2.05, 4.69) is 16.5 Å². The summed E-state index contributed by atoms with van der Waals surface area (Å²) in [6, 6.07) is -0.231. The van der Waals surface area contributed by atoms with Crippen molar-refractivity contribution in [2.75, 3.05) is 19.6 Å². The van der Waals surface area contributed by atoms with Crippen molar-refractivity contribution >= 4 is 11.8 Å². The molecular weight excluding hydrogens is 318 g/mol. The SMILES string of the molecule is CC(=O)N1CCC[C@H]1C(=O)N1CCC(Cn2cc(C3CC3)nn2)CC1. The number of amides is 2. The van der Waals surface area contributed by atoms with Crippen molar-refractivity contribution in [1.29, 1.82) is 0 Å². The van der Waals surface area contributed by atoms with E-state index in [1.54, 1.807) is 11.8 Å². The summed E-state index contributed by atoms with van der Waals surface area (Å²) >= 11 is 0. The highest BCUT2D eigenvalue weighted by Crippen LogP contribution is 2.38. The van der Waals surface area contributed by atoms with Gasteiger partial charge in [-0.3, -0.25) is 14.3 Å². The largest absolute Gasteiger partial charge is 0.341 e. The van der Waals surface area contributed by atoms with Crippen LogP contribution in [0, 0.1) is 5.92 Å². The van der Waals surface area contributed by atoms with Crippen LogP contribution in [0.25, 0.3) is 0 Å². The highest BCUT2D eigenvalue weighted by atomic mass is 16.2. The van der Waals surface area contributed by atoms with Crippen molar-refractivity contribution in [2.24, 2.45) is 5.92 Å². The second-order valence-corrected chi connectivity index (χ2v) is 7.78. The van der Waals surface area contributed by atoms with Crippen LogP contribution in [0.4, 0.5) is 0 Å². The van der Waals surface area contributed by atoms with Crippen molar-refractivity contribution < 1.29 is 9.59 Å². The van der Waals surface area contributed by atoms with E-state index in [-0.39, 0.29) is 17.9 Å². The maximum Gasteiger partial charge on any atom is 0.245 e. The molecule has 0 bridgehead atoms. The maximum atomic E-state index is 12.8. The molecule has 2 saturated heterocycles. The lowest BCUT2D eigenvalue weighted by atomic mass is 9.96. The predicted molar refractivity (Wildman–Crippen MR) is 91.7 cm³/mol. The molecule has 1 saturated carbocycles. The van der Waals surface area contributed by atoms with Gasteiger partial charge in [0.15, 0.2) is 0 Å². The first-order valence-corrected chi connectivity index (χ1v) is 9.58. The molecule has 2 aliphatic heterocycles. The van der Waals surface area contributed by atoms with Gasteiger partial charge in [-0.15, -0.1) is 5.10 Å². The second kappa shape index (κ2) is 6.77. The lowest BCUT2D eigenvalue weighted by molar-refractivity contribution is -0.143. The van der Waals surface area contributed by atoms with Crippen LogP contribution < -0.4 is 0 Å². The molecule has 0 spiro atoms. The van der Waals surface area contributed by atoms with E-state index in [9.17, 15) is 9.59 Å². The van der Waals surface area contributed by atoms with Crippen LogP contribution in [-0.4, -0.2) is 62.3 Å². The zero-order valence-corrected chi connectivity index (χ0v) is 14.9. The summed E-state index contributed by atoms with van der Waals surface area (Å²) in [6.07, 6.45) is 8.32. The number of hydrogen-bond acceptors (Lipinski definition) is 4. The minimum Gasteiger partial charge on any atom is -0.341 e. The highest BCUT2D eigenvalue weighted by molar-refractivity contribution is 5.87. The molecule has 0 aromatic carbocycles. The summed E-state index contributed by atoms with van der Waals surface area (Å²) in [5.74, 6) is 1.35. The van der Waals surface area contributed by atoms with Gasteiger partial charge in [0.2, 0.25) is 11.8 Å². The average molecular weight is 345 g/mol. The third kappa shape index (κ3) is 3.55. The third-order valence-corrected chi connectivity index (χ3v) is 5.87. The van der Waals surface area contributed by atoms with Crippen LogP contribution in [0.5, 0.6) is 0 Å². The number of hydrogen-bond donors (Lipinski definition) is 0. The zero-order chi connectivity index (χ0) is 17.4. The Hall–Kier alpha value is -1.92. The van der Waals surface area contributed by atoms with Gasteiger partial charge in [-0.05, 0) is 44.4 Å². The molecule has 2 amide bonds. The lowest BCUT2D eigenvalue weighted by Crippen LogP contribution is -2.49. The molecule has 0 unspecified atom stereocenters. The minimum absolute atomic E-state index is 0.0170. The number of rotatable bonds is 4. The Morgan fingerprint density at radius 1 is 1.12 bits per heavy atom. The van der Waals surface area contributed by atoms with Gasteiger partial charge in [0.1, 0.15) is 6.04 Å². The van der Waals surface area contributed by atoms with Crippen molar-refractivity contribution in [3.8, 4) is 0 Å². The third-order valence-electron chi connectivity index (χ3n) is 5.87. The van der Waals surface area contributed by atoms with E-state index in [0.717, 1.165) is 57.6 Å². The molecule has 3 aliphatic rings. The van der Waals surface area contributed by atoms with Gasteiger partial charge in [-0.25, -0.2) is 0 Å². The zero-order valence-electron chi connectivity index (χ0n) is 14.9. The van der Waals surface area contributed by atoms with Crippen LogP contribution in [0.2, 0.25) is 0 Å². The van der Waals surface area contributed by atoms with Crippen molar-refractivity contribution in [2.45, 2.75) is 64.0 Å². The van der Waals surface area contributed by atoms with Crippen molar-refractivity contribution in [1.82, 2.24) is 24.8 Å². The Morgan fingerprint density at radius 2 is 1.88 bits per heavy atom. The summed E-state index contributed by atoms with van der Waals surface area (Å²) in [4.78, 5) is 28.2. The minimum atomic E-state index is -0.231. The molecule has 3 fully saturated rings. The predicted octanol–water partition coefficient (Wildman–Crippen LogP) is 1.40. The Kier molecular flexibility index (Phi) is 4.48. The second-order valence-electron chi connectivity index (χ2n) is 7.78. The molecule has 0 radical (unpaired) electrons. The summed E-state index contributed by atoms with van der Waals surface area (Å²) in [5.41, 5.74) is 1.14. The summed E-state index contributed by atoms with van der Waals surface area (Å²) in [6.45, 7) is 4.75. The molecule has 3 heterocycles. The molecule has 1 atom stereocenters. The normalized spacial score (nSPS) is 24.8. The molecule has 4 rings (SSSR count). The Morgan fingerprint density at radius 3 is 2.56 bits per heavy atom. The maximum absolute atomic E-state index is 12.8. The van der Waals surface area contributed by atoms with Crippen LogP contribution >= 0.6 is 0 Å². The molecule has 136 valence electrons. The molecular formula is C18H27N5O2. The number of carbonyl (C=O) groups excluding carboxylic acids is 2. The fraction of sp³-hybridized carbons (Fsp3) is 0.778. The Labute approximate surface area is 148 Å². The van der Waals surface area contributed by atoms with Crippen LogP contribution in [0.15, 0.2) is 6.20 Å². The number of carbonyl (C=O) groups is 2. The molecule has 25 heavy (non-hydrogen) atoms. The van der Waals surface area contributed by atoms with Gasteiger partial charge >= 0.3 is 0 Å². The fourth-order valence-electron chi connectivity index (χ4n) is 4.18. The van der Waals surface area contributed by atoms with Crippen LogP contribution in [0.1, 0.15) is 57.1 Å². The van der Waals surface area contributed by atoms with E-state index in [1.807, 2.05) is 9.58 Å². The van der Waals surface area contributed by atoms with Crippen molar-refractivity contribution in [3.05, 3.63) is 11.9 Å². The van der Waals surface area contributed by atoms with Gasteiger partial charge < -0.3 is 9.80 Å². The van der Waals surface area contributed by atoms with Gasteiger partial charge in [-0.1, -0.05) is 5.21 Å². The number of aromatic nitrogens is 3. The Balaban J connectivity index is 1.28. The fourth-order valence-corrected chi connectivity index (χ4v) is 4.18. The quantitative estimate of drug-likeness (QED) is 0.827. The molecule has 1 aliphatic carbocycles. The summed E-state index contributed by atoms with van der Waals surface area (Å²) in [7, 11) is 0. The summed E-state index contributed by atoms with van der Waals surface area (Å²) < 4.78 is 1.98.